The van der Waals surface area contributed by atoms with E-state index in [4.69, 9.17) is 7.85 Å². The number of hydrogen-bond donors (Lipinski definition) is 2. The van der Waals surface area contributed by atoms with Crippen LogP contribution in [0, 0.1) is 0 Å². The number of alkyl halides is 1. The molecule has 5 heteroatoms. The van der Waals surface area contributed by atoms with Crippen molar-refractivity contribution in [3.8, 4) is 5.75 Å². The molecule has 1 aromatic rings. The van der Waals surface area contributed by atoms with Gasteiger partial charge >= 0.3 is 0 Å². The van der Waals surface area contributed by atoms with E-state index in [1.165, 1.54) is 0 Å². The molecule has 0 unspecified atom stereocenters. The standard InChI is InChI=1S/C10H11BBrNO2/c1-10(2,12)9(15)13-7-5-3-4-6(11)8(7)14/h3-5,14H,1-2H3,(H,13,15). The number of nitrogens with one attached hydrogen (secondary N) is 1. The lowest BCUT2D eigenvalue weighted by Crippen LogP contribution is -2.31. The van der Waals surface area contributed by atoms with Crippen LogP contribution in [-0.2, 0) is 4.79 Å². The zero-order chi connectivity index (χ0) is 11.6. The summed E-state index contributed by atoms with van der Waals surface area (Å²) < 4.78 is -0.690. The van der Waals surface area contributed by atoms with Crippen LogP contribution in [0.2, 0.25) is 0 Å². The number of amides is 1. The van der Waals surface area contributed by atoms with Crippen LogP contribution < -0.4 is 10.8 Å². The molecule has 0 spiro atoms. The minimum atomic E-state index is -0.690. The smallest absolute Gasteiger partial charge is 0.240 e. The van der Waals surface area contributed by atoms with E-state index in [0.29, 0.717) is 5.69 Å². The summed E-state index contributed by atoms with van der Waals surface area (Å²) in [7, 11) is 5.49. The summed E-state index contributed by atoms with van der Waals surface area (Å²) in [6.45, 7) is 3.43. The third kappa shape index (κ3) is 2.99. The van der Waals surface area contributed by atoms with E-state index >= 15 is 0 Å². The van der Waals surface area contributed by atoms with Crippen molar-refractivity contribution in [2.24, 2.45) is 0 Å². The molecule has 0 saturated heterocycles. The van der Waals surface area contributed by atoms with Gasteiger partial charge in [0.15, 0.2) is 0 Å². The average Bonchev–Trinajstić information content (AvgIpc) is 2.11. The number of phenols is 1. The minimum absolute atomic E-state index is 0.109. The molecular formula is C10H11BBrNO2. The van der Waals surface area contributed by atoms with Crippen molar-refractivity contribution < 1.29 is 9.90 Å². The molecule has 0 aliphatic heterocycles. The van der Waals surface area contributed by atoms with Crippen molar-refractivity contribution in [1.29, 1.82) is 0 Å². The number of carbonyl (C=O) groups is 1. The summed E-state index contributed by atoms with van der Waals surface area (Å²) in [5, 5.41) is 12.1. The Bertz CT molecular complexity index is 387. The molecule has 0 heterocycles. The summed E-state index contributed by atoms with van der Waals surface area (Å²) in [6.07, 6.45) is 0. The lowest BCUT2D eigenvalue weighted by atomic mass is 9.94. The monoisotopic (exact) mass is 267 g/mol. The summed E-state index contributed by atoms with van der Waals surface area (Å²) in [6, 6.07) is 4.80. The number of phenolic OH excluding ortho intramolecular Hbond substituents is 1. The van der Waals surface area contributed by atoms with Crippen LogP contribution in [0.4, 0.5) is 5.69 Å². The Morgan fingerprint density at radius 2 is 2.13 bits per heavy atom. The second-order valence-corrected chi connectivity index (χ2v) is 5.65. The molecule has 78 valence electrons. The lowest BCUT2D eigenvalue weighted by molar-refractivity contribution is -0.117. The molecule has 0 aliphatic rings. The first-order valence-corrected chi connectivity index (χ1v) is 5.19. The van der Waals surface area contributed by atoms with Gasteiger partial charge in [-0.2, -0.15) is 0 Å². The lowest BCUT2D eigenvalue weighted by Gasteiger charge is -2.17. The second-order valence-electron chi connectivity index (χ2n) is 3.67. The third-order valence-electron chi connectivity index (χ3n) is 1.86. The fraction of sp³-hybridized carbons (Fsp3) is 0.300. The fourth-order valence-electron chi connectivity index (χ4n) is 0.933. The van der Waals surface area contributed by atoms with Crippen LogP contribution in [0.3, 0.4) is 0 Å². The van der Waals surface area contributed by atoms with E-state index in [1.807, 2.05) is 0 Å². The van der Waals surface area contributed by atoms with Gasteiger partial charge in [0.05, 0.1) is 10.0 Å². The van der Waals surface area contributed by atoms with E-state index in [2.05, 4.69) is 21.2 Å². The van der Waals surface area contributed by atoms with Crippen molar-refractivity contribution in [3.05, 3.63) is 18.2 Å². The van der Waals surface area contributed by atoms with Gasteiger partial charge < -0.3 is 10.4 Å². The van der Waals surface area contributed by atoms with E-state index in [9.17, 15) is 9.90 Å². The molecule has 2 N–H and O–H groups in total. The normalized spacial score (nSPS) is 11.1. The van der Waals surface area contributed by atoms with Gasteiger partial charge in [-0.1, -0.05) is 33.5 Å². The molecule has 15 heavy (non-hydrogen) atoms. The Morgan fingerprint density at radius 1 is 1.53 bits per heavy atom. The molecular weight excluding hydrogens is 257 g/mol. The molecule has 0 aromatic heterocycles. The van der Waals surface area contributed by atoms with Crippen LogP contribution in [0.5, 0.6) is 5.75 Å². The SMILES string of the molecule is [B]c1cccc(NC(=O)C(C)(C)Br)c1O. The number of aromatic hydroxyl groups is 1. The van der Waals surface area contributed by atoms with Gasteiger partial charge in [-0.05, 0) is 19.9 Å². The quantitative estimate of drug-likeness (QED) is 0.482. The van der Waals surface area contributed by atoms with Gasteiger partial charge in [-0.3, -0.25) is 4.79 Å². The summed E-state index contributed by atoms with van der Waals surface area (Å²) in [5.41, 5.74) is 0.549. The van der Waals surface area contributed by atoms with E-state index < -0.39 is 4.32 Å². The Hall–Kier alpha value is -0.965. The second kappa shape index (κ2) is 4.27. The Labute approximate surface area is 98.4 Å². The predicted octanol–water partition coefficient (Wildman–Crippen LogP) is 1.30. The number of hydrogen-bond acceptors (Lipinski definition) is 2. The maximum Gasteiger partial charge on any atom is 0.240 e. The molecule has 1 rings (SSSR count). The molecule has 2 radical (unpaired) electrons. The molecule has 0 aliphatic carbocycles. The van der Waals surface area contributed by atoms with Crippen LogP contribution >= 0.6 is 15.9 Å². The van der Waals surface area contributed by atoms with Gasteiger partial charge in [0.25, 0.3) is 0 Å². The minimum Gasteiger partial charge on any atom is -0.506 e. The van der Waals surface area contributed by atoms with Gasteiger partial charge in [-0.25, -0.2) is 0 Å². The number of para-hydroxylation sites is 1. The molecule has 0 atom stereocenters. The number of benzene rings is 1. The largest absolute Gasteiger partial charge is 0.506 e. The van der Waals surface area contributed by atoms with Crippen molar-refractivity contribution >= 4 is 40.8 Å². The Balaban J connectivity index is 2.91. The van der Waals surface area contributed by atoms with E-state index in [1.54, 1.807) is 32.0 Å². The maximum absolute atomic E-state index is 11.6. The van der Waals surface area contributed by atoms with Gasteiger partial charge in [0.1, 0.15) is 13.6 Å². The van der Waals surface area contributed by atoms with Gasteiger partial charge in [0, 0.05) is 0 Å². The predicted molar refractivity (Wildman–Crippen MR) is 65.1 cm³/mol. The highest BCUT2D eigenvalue weighted by molar-refractivity contribution is 9.10. The number of anilines is 1. The Morgan fingerprint density at radius 3 is 2.67 bits per heavy atom. The first-order valence-electron chi connectivity index (χ1n) is 4.40. The van der Waals surface area contributed by atoms with Crippen molar-refractivity contribution in [2.45, 2.75) is 18.2 Å². The maximum atomic E-state index is 11.6. The highest BCUT2D eigenvalue weighted by Crippen LogP contribution is 2.23. The zero-order valence-electron chi connectivity index (χ0n) is 8.54. The molecule has 1 amide bonds. The third-order valence-corrected chi connectivity index (χ3v) is 2.22. The molecule has 0 fully saturated rings. The molecule has 1 aromatic carbocycles. The summed E-state index contributed by atoms with van der Waals surface area (Å²) in [5.74, 6) is -0.356. The molecule has 3 nitrogen and oxygen atoms in total. The first kappa shape index (κ1) is 12.1. The first-order chi connectivity index (χ1) is 6.82. The number of rotatable bonds is 2. The van der Waals surface area contributed by atoms with E-state index in [-0.39, 0.29) is 17.1 Å². The topological polar surface area (TPSA) is 49.3 Å². The van der Waals surface area contributed by atoms with Crippen LogP contribution in [0.25, 0.3) is 0 Å². The highest BCUT2D eigenvalue weighted by Gasteiger charge is 2.24. The van der Waals surface area contributed by atoms with Crippen molar-refractivity contribution in [3.63, 3.8) is 0 Å². The van der Waals surface area contributed by atoms with Crippen LogP contribution in [0.15, 0.2) is 18.2 Å². The fourth-order valence-corrected chi connectivity index (χ4v) is 1.03. The van der Waals surface area contributed by atoms with Crippen molar-refractivity contribution in [2.75, 3.05) is 5.32 Å². The number of carbonyl (C=O) groups excluding carboxylic acids is 1. The average molecular weight is 268 g/mol. The van der Waals surface area contributed by atoms with Crippen molar-refractivity contribution in [1.82, 2.24) is 0 Å². The zero-order valence-corrected chi connectivity index (χ0v) is 10.1. The van der Waals surface area contributed by atoms with Gasteiger partial charge in [-0.15, -0.1) is 0 Å². The summed E-state index contributed by atoms with van der Waals surface area (Å²) in [4.78, 5) is 11.6. The van der Waals surface area contributed by atoms with Crippen LogP contribution in [0.1, 0.15) is 13.8 Å². The van der Waals surface area contributed by atoms with Crippen LogP contribution in [-0.4, -0.2) is 23.2 Å². The Kier molecular flexibility index (Phi) is 3.44. The van der Waals surface area contributed by atoms with E-state index in [0.717, 1.165) is 0 Å². The summed E-state index contributed by atoms with van der Waals surface area (Å²) >= 11 is 3.22. The molecule has 0 saturated carbocycles. The van der Waals surface area contributed by atoms with Gasteiger partial charge in [0.2, 0.25) is 5.91 Å². The molecule has 0 bridgehead atoms. The number of halogens is 1. The highest BCUT2D eigenvalue weighted by atomic mass is 79.9.